The lowest BCUT2D eigenvalue weighted by atomic mass is 10.1. The first kappa shape index (κ1) is 12.6. The number of aryl methyl sites for hydroxylation is 2. The molecule has 0 unspecified atom stereocenters. The number of fused-ring (bicyclic) bond motifs is 1. The lowest BCUT2D eigenvalue weighted by Crippen LogP contribution is -1.91. The van der Waals surface area contributed by atoms with E-state index in [2.05, 4.69) is 31.2 Å². The number of nitrogens with two attached hydrogens (primary N) is 1. The second-order valence-electron chi connectivity index (χ2n) is 5.22. The number of rotatable bonds is 3. The Morgan fingerprint density at radius 1 is 1.11 bits per heavy atom. The third kappa shape index (κ3) is 2.64. The minimum atomic E-state index is 0.888. The van der Waals surface area contributed by atoms with Gasteiger partial charge in [0.25, 0.3) is 0 Å². The number of hydrogen-bond acceptors (Lipinski definition) is 2. The zero-order chi connectivity index (χ0) is 13.2. The Morgan fingerprint density at radius 3 is 2.84 bits per heavy atom. The Kier molecular flexibility index (Phi) is 3.52. The van der Waals surface area contributed by atoms with Gasteiger partial charge in [-0.05, 0) is 60.6 Å². The summed E-state index contributed by atoms with van der Waals surface area (Å²) in [5, 5.41) is 0. The molecule has 3 rings (SSSR count). The van der Waals surface area contributed by atoms with Crippen LogP contribution >= 0.6 is 11.8 Å². The molecule has 0 saturated heterocycles. The van der Waals surface area contributed by atoms with E-state index in [1.165, 1.54) is 35.3 Å². The van der Waals surface area contributed by atoms with Gasteiger partial charge in [-0.15, -0.1) is 11.8 Å². The fraction of sp³-hybridized carbons (Fsp3) is 0.294. The van der Waals surface area contributed by atoms with Crippen LogP contribution in [-0.2, 0) is 18.6 Å². The average molecular weight is 269 g/mol. The fourth-order valence-electron chi connectivity index (χ4n) is 2.66. The summed E-state index contributed by atoms with van der Waals surface area (Å²) in [6, 6.07) is 13.1. The predicted octanol–water partition coefficient (Wildman–Crippen LogP) is 4.36. The number of thioether (sulfide) groups is 1. The van der Waals surface area contributed by atoms with Gasteiger partial charge in [0.2, 0.25) is 0 Å². The highest BCUT2D eigenvalue weighted by atomic mass is 32.2. The van der Waals surface area contributed by atoms with Gasteiger partial charge < -0.3 is 5.73 Å². The Morgan fingerprint density at radius 2 is 1.95 bits per heavy atom. The molecule has 2 aromatic carbocycles. The van der Waals surface area contributed by atoms with Gasteiger partial charge in [-0.3, -0.25) is 0 Å². The monoisotopic (exact) mass is 269 g/mol. The Bertz CT molecular complexity index is 604. The van der Waals surface area contributed by atoms with Crippen molar-refractivity contribution in [3.05, 3.63) is 58.7 Å². The highest BCUT2D eigenvalue weighted by Gasteiger charge is 2.11. The number of hydrogen-bond donors (Lipinski definition) is 1. The second kappa shape index (κ2) is 5.30. The first-order chi connectivity index (χ1) is 9.24. The van der Waals surface area contributed by atoms with Crippen molar-refractivity contribution >= 4 is 17.4 Å². The highest BCUT2D eigenvalue weighted by Crippen LogP contribution is 2.30. The molecule has 2 heteroatoms. The molecular weight excluding hydrogens is 250 g/mol. The van der Waals surface area contributed by atoms with Crippen molar-refractivity contribution in [1.29, 1.82) is 0 Å². The van der Waals surface area contributed by atoms with Crippen LogP contribution in [0.3, 0.4) is 0 Å². The van der Waals surface area contributed by atoms with Crippen LogP contribution in [0.4, 0.5) is 5.69 Å². The van der Waals surface area contributed by atoms with Crippen molar-refractivity contribution < 1.29 is 0 Å². The molecule has 0 heterocycles. The van der Waals surface area contributed by atoms with E-state index in [4.69, 9.17) is 5.73 Å². The van der Waals surface area contributed by atoms with E-state index in [1.54, 1.807) is 11.1 Å². The molecule has 0 spiro atoms. The fourth-order valence-corrected chi connectivity index (χ4v) is 3.67. The molecule has 0 bridgehead atoms. The molecule has 19 heavy (non-hydrogen) atoms. The number of nitrogen functional groups attached to an aromatic ring is 1. The third-order valence-corrected chi connectivity index (χ3v) is 5.11. The Labute approximate surface area is 119 Å². The normalized spacial score (nSPS) is 13.5. The Balaban J connectivity index is 1.74. The SMILES string of the molecule is Cc1c(N)cccc1SCc1ccc2c(c1)CCC2. The van der Waals surface area contributed by atoms with E-state index in [1.807, 2.05) is 23.9 Å². The van der Waals surface area contributed by atoms with Gasteiger partial charge in [-0.25, -0.2) is 0 Å². The molecule has 1 aliphatic rings. The van der Waals surface area contributed by atoms with Crippen LogP contribution in [0.1, 0.15) is 28.7 Å². The van der Waals surface area contributed by atoms with Crippen LogP contribution in [0.15, 0.2) is 41.3 Å². The van der Waals surface area contributed by atoms with E-state index in [9.17, 15) is 0 Å². The summed E-state index contributed by atoms with van der Waals surface area (Å²) in [7, 11) is 0. The molecule has 0 radical (unpaired) electrons. The van der Waals surface area contributed by atoms with Crippen molar-refractivity contribution in [3.8, 4) is 0 Å². The van der Waals surface area contributed by atoms with E-state index >= 15 is 0 Å². The third-order valence-electron chi connectivity index (χ3n) is 3.88. The predicted molar refractivity (Wildman–Crippen MR) is 83.6 cm³/mol. The van der Waals surface area contributed by atoms with Gasteiger partial charge in [-0.2, -0.15) is 0 Å². The summed E-state index contributed by atoms with van der Waals surface area (Å²) in [6.45, 7) is 2.10. The molecule has 0 atom stereocenters. The summed E-state index contributed by atoms with van der Waals surface area (Å²) in [5.74, 6) is 1.03. The maximum absolute atomic E-state index is 5.95. The van der Waals surface area contributed by atoms with Crippen molar-refractivity contribution in [2.24, 2.45) is 0 Å². The van der Waals surface area contributed by atoms with E-state index in [0.29, 0.717) is 0 Å². The molecule has 2 aromatic rings. The van der Waals surface area contributed by atoms with Crippen LogP contribution in [0.25, 0.3) is 0 Å². The molecule has 0 aromatic heterocycles. The van der Waals surface area contributed by atoms with Crippen LogP contribution in [0.5, 0.6) is 0 Å². The maximum Gasteiger partial charge on any atom is 0.0354 e. The molecule has 1 nitrogen and oxygen atoms in total. The van der Waals surface area contributed by atoms with Gasteiger partial charge in [0.1, 0.15) is 0 Å². The maximum atomic E-state index is 5.95. The minimum Gasteiger partial charge on any atom is -0.398 e. The van der Waals surface area contributed by atoms with Gasteiger partial charge in [0, 0.05) is 16.3 Å². The van der Waals surface area contributed by atoms with Crippen molar-refractivity contribution in [1.82, 2.24) is 0 Å². The molecule has 0 saturated carbocycles. The summed E-state index contributed by atoms with van der Waals surface area (Å²) in [6.07, 6.45) is 3.84. The first-order valence-corrected chi connectivity index (χ1v) is 7.81. The van der Waals surface area contributed by atoms with Gasteiger partial charge in [-0.1, -0.05) is 24.3 Å². The van der Waals surface area contributed by atoms with Gasteiger partial charge in [0.15, 0.2) is 0 Å². The quantitative estimate of drug-likeness (QED) is 0.662. The first-order valence-electron chi connectivity index (χ1n) is 6.82. The van der Waals surface area contributed by atoms with E-state index in [0.717, 1.165) is 11.4 Å². The smallest absolute Gasteiger partial charge is 0.0354 e. The van der Waals surface area contributed by atoms with Gasteiger partial charge in [0.05, 0.1) is 0 Å². The van der Waals surface area contributed by atoms with Crippen molar-refractivity contribution in [2.75, 3.05) is 5.73 Å². The van der Waals surface area contributed by atoms with Crippen LogP contribution in [0, 0.1) is 6.92 Å². The zero-order valence-electron chi connectivity index (χ0n) is 11.3. The zero-order valence-corrected chi connectivity index (χ0v) is 12.1. The molecule has 1 aliphatic carbocycles. The van der Waals surface area contributed by atoms with Gasteiger partial charge >= 0.3 is 0 Å². The average Bonchev–Trinajstić information content (AvgIpc) is 2.88. The molecular formula is C17H19NS. The largest absolute Gasteiger partial charge is 0.398 e. The Hall–Kier alpha value is -1.41. The molecule has 2 N–H and O–H groups in total. The van der Waals surface area contributed by atoms with Crippen molar-refractivity contribution in [3.63, 3.8) is 0 Å². The van der Waals surface area contributed by atoms with E-state index in [-0.39, 0.29) is 0 Å². The topological polar surface area (TPSA) is 26.0 Å². The molecule has 0 aliphatic heterocycles. The summed E-state index contributed by atoms with van der Waals surface area (Å²) < 4.78 is 0. The molecule has 0 amide bonds. The highest BCUT2D eigenvalue weighted by molar-refractivity contribution is 7.98. The summed E-state index contributed by atoms with van der Waals surface area (Å²) in [5.41, 5.74) is 12.6. The van der Waals surface area contributed by atoms with Crippen molar-refractivity contribution in [2.45, 2.75) is 36.8 Å². The van der Waals surface area contributed by atoms with E-state index < -0.39 is 0 Å². The number of anilines is 1. The van der Waals surface area contributed by atoms with Crippen LogP contribution in [0.2, 0.25) is 0 Å². The second-order valence-corrected chi connectivity index (χ2v) is 6.23. The number of benzene rings is 2. The lowest BCUT2D eigenvalue weighted by Gasteiger charge is -2.09. The minimum absolute atomic E-state index is 0.888. The molecule has 98 valence electrons. The summed E-state index contributed by atoms with van der Waals surface area (Å²) >= 11 is 1.88. The van der Waals surface area contributed by atoms with Crippen LogP contribution < -0.4 is 5.73 Å². The lowest BCUT2D eigenvalue weighted by molar-refractivity contribution is 0.911. The summed E-state index contributed by atoms with van der Waals surface area (Å²) in [4.78, 5) is 1.29. The van der Waals surface area contributed by atoms with Crippen LogP contribution in [-0.4, -0.2) is 0 Å². The standard InChI is InChI=1S/C17H19NS/c1-12-16(18)6-3-7-17(12)19-11-13-8-9-14-4-2-5-15(14)10-13/h3,6-10H,2,4-5,11,18H2,1H3. The molecule has 0 fully saturated rings.